The van der Waals surface area contributed by atoms with E-state index in [1.807, 2.05) is 6.92 Å². The summed E-state index contributed by atoms with van der Waals surface area (Å²) in [5.74, 6) is -14.9. The Morgan fingerprint density at radius 3 is 1.51 bits per heavy atom. The molecule has 2 aromatic carbocycles. The molecule has 0 saturated carbocycles. The second kappa shape index (κ2) is 26.8. The topological polar surface area (TPSA) is 115 Å². The van der Waals surface area contributed by atoms with Crippen LogP contribution in [0.2, 0.25) is 0 Å². The van der Waals surface area contributed by atoms with E-state index in [-0.39, 0.29) is 33.2 Å². The molecule has 0 fully saturated rings. The highest BCUT2D eigenvalue weighted by Gasteiger charge is 2.38. The van der Waals surface area contributed by atoms with Crippen molar-refractivity contribution >= 4 is 31.5 Å². The minimum Gasteiger partial charge on any atom is -0.465 e. The fourth-order valence-corrected chi connectivity index (χ4v) is 4.75. The number of hydrogen-bond acceptors (Lipinski definition) is 9. The zero-order chi connectivity index (χ0) is 36.2. The maximum Gasteiger partial charge on any atom is 0.513 e. The molecule has 284 valence electrons. The van der Waals surface area contributed by atoms with E-state index in [1.165, 1.54) is 50.8 Å². The molecular formula is C32H52ClF5N3O7P. The van der Waals surface area contributed by atoms with Crippen LogP contribution in [0.1, 0.15) is 76.2 Å². The predicted molar refractivity (Wildman–Crippen MR) is 182 cm³/mol. The monoisotopic (exact) mass is 751 g/mol. The second-order valence-electron chi connectivity index (χ2n) is 9.53. The number of hydrogen-bond donors (Lipinski definition) is 2. The highest BCUT2D eigenvalue weighted by Crippen LogP contribution is 2.47. The quantitative estimate of drug-likeness (QED) is 0.0432. The molecule has 2 rings (SSSR count). The Hall–Kier alpha value is -2.97. The van der Waals surface area contributed by atoms with Gasteiger partial charge in [0, 0.05) is 0 Å². The first-order valence-electron chi connectivity index (χ1n) is 14.9. The summed E-state index contributed by atoms with van der Waals surface area (Å²) in [7, 11) is -4.90. The van der Waals surface area contributed by atoms with Crippen LogP contribution < -0.4 is 19.0 Å². The number of rotatable bonds is 16. The van der Waals surface area contributed by atoms with E-state index in [1.54, 1.807) is 19.9 Å². The minimum absolute atomic E-state index is 0. The van der Waals surface area contributed by atoms with Crippen LogP contribution in [-0.2, 0) is 23.6 Å². The Balaban J connectivity index is -0.000000922. The fourth-order valence-electron chi connectivity index (χ4n) is 3.14. The van der Waals surface area contributed by atoms with Crippen molar-refractivity contribution in [3.8, 4) is 11.5 Å². The van der Waals surface area contributed by atoms with Crippen LogP contribution in [0, 0.1) is 29.1 Å². The zero-order valence-electron chi connectivity index (χ0n) is 27.5. The molecule has 0 heterocycles. The van der Waals surface area contributed by atoms with E-state index in [4.69, 9.17) is 25.8 Å². The van der Waals surface area contributed by atoms with Gasteiger partial charge in [0.25, 0.3) is 0 Å². The number of benzene rings is 2. The van der Waals surface area contributed by atoms with Gasteiger partial charge in [0.1, 0.15) is 17.8 Å². The lowest BCUT2D eigenvalue weighted by molar-refractivity contribution is -0.146. The highest BCUT2D eigenvalue weighted by atomic mass is 35.5. The molecule has 0 aliphatic rings. The van der Waals surface area contributed by atoms with Crippen LogP contribution in [0.5, 0.6) is 11.5 Å². The Bertz CT molecular complexity index is 1250. The lowest BCUT2D eigenvalue weighted by Crippen LogP contribution is -2.36. The molecule has 49 heavy (non-hydrogen) atoms. The van der Waals surface area contributed by atoms with Crippen LogP contribution >= 0.6 is 19.5 Å². The van der Waals surface area contributed by atoms with Gasteiger partial charge in [-0.1, -0.05) is 67.7 Å². The zero-order valence-corrected chi connectivity index (χ0v) is 29.2. The summed E-state index contributed by atoms with van der Waals surface area (Å²) >= 11 is 5.17. The van der Waals surface area contributed by atoms with Gasteiger partial charge in [0.05, 0.1) is 13.2 Å². The molecule has 1 unspecified atom stereocenters. The number of nitrogens with zero attached hydrogens (tertiary/aromatic N) is 1. The third-order valence-corrected chi connectivity index (χ3v) is 7.72. The van der Waals surface area contributed by atoms with Crippen molar-refractivity contribution < 1.29 is 54.6 Å². The number of ether oxygens (including phenoxy) is 2. The molecule has 3 atom stereocenters. The van der Waals surface area contributed by atoms with Crippen LogP contribution in [0.4, 0.5) is 22.0 Å². The van der Waals surface area contributed by atoms with E-state index < -0.39 is 60.6 Å². The Morgan fingerprint density at radius 1 is 0.735 bits per heavy atom. The second-order valence-corrected chi connectivity index (χ2v) is 11.4. The maximum absolute atomic E-state index is 14.0. The van der Waals surface area contributed by atoms with Gasteiger partial charge in [-0.05, 0) is 70.2 Å². The van der Waals surface area contributed by atoms with Gasteiger partial charge in [-0.2, -0.15) is 13.9 Å². The van der Waals surface area contributed by atoms with Crippen LogP contribution in [-0.4, -0.2) is 61.8 Å². The number of halogens is 6. The van der Waals surface area contributed by atoms with Crippen molar-refractivity contribution in [3.05, 3.63) is 59.4 Å². The summed E-state index contributed by atoms with van der Waals surface area (Å²) in [5.41, 5.74) is 0. The summed E-state index contributed by atoms with van der Waals surface area (Å²) in [6.45, 7) is 17.1. The number of carbonyl (C=O) groups is 2. The molecule has 2 aromatic rings. The van der Waals surface area contributed by atoms with Crippen molar-refractivity contribution in [2.45, 2.75) is 88.2 Å². The van der Waals surface area contributed by atoms with Crippen molar-refractivity contribution in [2.24, 2.45) is 0 Å². The van der Waals surface area contributed by atoms with E-state index in [0.717, 1.165) is 6.42 Å². The van der Waals surface area contributed by atoms with E-state index >= 15 is 0 Å². The normalized spacial score (nSPS) is 12.6. The van der Waals surface area contributed by atoms with Gasteiger partial charge >= 0.3 is 19.7 Å². The van der Waals surface area contributed by atoms with E-state index in [2.05, 4.69) is 40.1 Å². The lowest BCUT2D eigenvalue weighted by Gasteiger charge is -2.23. The van der Waals surface area contributed by atoms with Crippen molar-refractivity contribution in [3.63, 3.8) is 0 Å². The SMILES string of the molecule is C.C.CCCOC(=O)[C@H](C)NCl.CCCOC(=O)[C@H](C)NP(=O)(Oc1ccccc1)Oc1c(F)c(F)c(F)c(F)c1F.CCN(CC)CC. The third-order valence-electron chi connectivity index (χ3n) is 5.81. The average Bonchev–Trinajstić information content (AvgIpc) is 3.07. The first-order valence-corrected chi connectivity index (χ1v) is 16.8. The molecule has 0 spiro atoms. The molecule has 0 aliphatic carbocycles. The summed E-state index contributed by atoms with van der Waals surface area (Å²) in [4.78, 5) is 27.3. The molecular weight excluding hydrogens is 700 g/mol. The van der Waals surface area contributed by atoms with Gasteiger partial charge in [-0.25, -0.2) is 22.6 Å². The summed E-state index contributed by atoms with van der Waals surface area (Å²) in [5, 5.41) is 2.07. The Kier molecular flexibility index (Phi) is 27.6. The first-order chi connectivity index (χ1) is 22.2. The van der Waals surface area contributed by atoms with Crippen LogP contribution in [0.25, 0.3) is 0 Å². The van der Waals surface area contributed by atoms with E-state index in [0.29, 0.717) is 13.0 Å². The molecule has 0 bridgehead atoms. The molecule has 0 aromatic heterocycles. The third kappa shape index (κ3) is 18.0. The van der Waals surface area contributed by atoms with Crippen molar-refractivity contribution in [1.82, 2.24) is 14.8 Å². The Morgan fingerprint density at radius 2 is 1.14 bits per heavy atom. The van der Waals surface area contributed by atoms with Gasteiger partial charge in [0.15, 0.2) is 0 Å². The van der Waals surface area contributed by atoms with Gasteiger partial charge in [-0.15, -0.1) is 0 Å². The number of para-hydroxylation sites is 1. The van der Waals surface area contributed by atoms with Gasteiger partial charge in [-0.3, -0.25) is 9.59 Å². The van der Waals surface area contributed by atoms with Gasteiger partial charge < -0.3 is 23.4 Å². The van der Waals surface area contributed by atoms with Crippen LogP contribution in [0.3, 0.4) is 0 Å². The average molecular weight is 752 g/mol. The summed E-state index contributed by atoms with van der Waals surface area (Å²) in [6, 6.07) is 5.25. The predicted octanol–water partition coefficient (Wildman–Crippen LogP) is 8.57. The molecule has 0 saturated heterocycles. The molecule has 10 nitrogen and oxygen atoms in total. The molecule has 0 amide bonds. The molecule has 17 heteroatoms. The summed E-state index contributed by atoms with van der Waals surface area (Å²) in [6.07, 6.45) is 1.32. The number of esters is 2. The standard InChI is InChI=1S/C18H17F5NO5P.C6H12ClNO2.C6H15N.2CH4/c1-3-9-27-18(25)10(2)24-30(26,28-11-7-5-4-6-8-11)29-17-15(22)13(20)12(19)14(21)16(17)23;1-3-4-10-6(9)5(2)8-7;1-4-7(5-2)6-3;;/h4-8,10H,3,9H2,1-2H3,(H,24,26);5,8H,3-4H2,1-2H3;4-6H2,1-3H3;2*1H4/t10-,30?;5-;;;/m00.../s1. The minimum atomic E-state index is -4.90. The fraction of sp³-hybridized carbons (Fsp3) is 0.562. The molecule has 2 N–H and O–H groups in total. The molecule has 0 aliphatic heterocycles. The van der Waals surface area contributed by atoms with Crippen molar-refractivity contribution in [2.75, 3.05) is 32.8 Å². The van der Waals surface area contributed by atoms with Crippen molar-refractivity contribution in [1.29, 1.82) is 0 Å². The summed E-state index contributed by atoms with van der Waals surface area (Å²) < 4.78 is 101. The van der Waals surface area contributed by atoms with E-state index in [9.17, 15) is 36.1 Å². The maximum atomic E-state index is 14.0. The number of carbonyl (C=O) groups excluding carboxylic acids is 2. The largest absolute Gasteiger partial charge is 0.513 e. The van der Waals surface area contributed by atoms with Crippen LogP contribution in [0.15, 0.2) is 30.3 Å². The molecule has 0 radical (unpaired) electrons. The smallest absolute Gasteiger partial charge is 0.465 e. The lowest BCUT2D eigenvalue weighted by atomic mass is 10.3. The van der Waals surface area contributed by atoms with Gasteiger partial charge in [0.2, 0.25) is 34.8 Å². The number of nitrogens with one attached hydrogen (secondary N) is 2. The first kappa shape index (κ1) is 50.4. The highest BCUT2D eigenvalue weighted by molar-refractivity contribution is 7.52. The Labute approximate surface area is 292 Å².